The van der Waals surface area contributed by atoms with Crippen molar-refractivity contribution in [3.05, 3.63) is 66.2 Å². The van der Waals surface area contributed by atoms with Crippen LogP contribution in [0.25, 0.3) is 11.0 Å². The van der Waals surface area contributed by atoms with Crippen molar-refractivity contribution in [3.63, 3.8) is 0 Å². The van der Waals surface area contributed by atoms with Crippen molar-refractivity contribution < 1.29 is 9.21 Å². The Balaban J connectivity index is 1.62. The fourth-order valence-electron chi connectivity index (χ4n) is 3.43. The number of fused-ring (bicyclic) bond motifs is 1. The lowest BCUT2D eigenvalue weighted by Crippen LogP contribution is -2.35. The zero-order valence-corrected chi connectivity index (χ0v) is 14.0. The highest BCUT2D eigenvalue weighted by Crippen LogP contribution is 2.24. The lowest BCUT2D eigenvalue weighted by Gasteiger charge is -2.25. The van der Waals surface area contributed by atoms with E-state index in [-0.39, 0.29) is 5.91 Å². The van der Waals surface area contributed by atoms with Crippen LogP contribution in [-0.4, -0.2) is 35.4 Å². The Bertz CT molecular complexity index is 854. The lowest BCUT2D eigenvalue weighted by atomic mass is 10.1. The van der Waals surface area contributed by atoms with Crippen LogP contribution in [0, 0.1) is 5.92 Å². The fraction of sp³-hybridized carbons (Fsp3) is 0.300. The molecule has 1 aromatic carbocycles. The van der Waals surface area contributed by atoms with Crippen LogP contribution in [0.4, 0.5) is 0 Å². The number of amides is 1. The van der Waals surface area contributed by atoms with Crippen molar-refractivity contribution in [2.45, 2.75) is 13.0 Å². The zero-order chi connectivity index (χ0) is 17.1. The maximum atomic E-state index is 13.2. The average Bonchev–Trinajstić information content (AvgIpc) is 3.31. The molecule has 0 aliphatic carbocycles. The van der Waals surface area contributed by atoms with Gasteiger partial charge in [-0.1, -0.05) is 24.3 Å². The van der Waals surface area contributed by atoms with Crippen LogP contribution in [0.15, 0.2) is 59.5 Å². The Morgan fingerprint density at radius 2 is 2.20 bits per heavy atom. The molecule has 0 saturated carbocycles. The summed E-state index contributed by atoms with van der Waals surface area (Å²) in [6.45, 7) is 3.28. The number of nitrogens with zero attached hydrogens (tertiary/aromatic N) is 2. The number of nitrogens with one attached hydrogen (secondary N) is 1. The number of benzene rings is 1. The largest absolute Gasteiger partial charge is 0.463 e. The number of aromatic nitrogens is 1. The molecule has 1 N–H and O–H groups in total. The molecule has 0 bridgehead atoms. The fourth-order valence-corrected chi connectivity index (χ4v) is 3.43. The maximum absolute atomic E-state index is 13.2. The summed E-state index contributed by atoms with van der Waals surface area (Å²) in [5, 5.41) is 4.24. The Morgan fingerprint density at radius 1 is 1.28 bits per heavy atom. The lowest BCUT2D eigenvalue weighted by molar-refractivity contribution is 0.0719. The minimum absolute atomic E-state index is 0.0145. The summed E-state index contributed by atoms with van der Waals surface area (Å²) in [5.41, 5.74) is 2.41. The summed E-state index contributed by atoms with van der Waals surface area (Å²) >= 11 is 0. The number of pyridine rings is 1. The van der Waals surface area contributed by atoms with Crippen molar-refractivity contribution >= 4 is 16.9 Å². The summed E-state index contributed by atoms with van der Waals surface area (Å²) in [4.78, 5) is 19.3. The number of para-hydroxylation sites is 1. The molecule has 0 spiro atoms. The van der Waals surface area contributed by atoms with E-state index in [2.05, 4.69) is 10.3 Å². The van der Waals surface area contributed by atoms with Gasteiger partial charge in [0.15, 0.2) is 0 Å². The molecule has 0 radical (unpaired) electrons. The average molecular weight is 335 g/mol. The van der Waals surface area contributed by atoms with Crippen LogP contribution in [0.1, 0.15) is 22.3 Å². The first-order chi connectivity index (χ1) is 12.3. The van der Waals surface area contributed by atoms with Crippen molar-refractivity contribution in [2.75, 3.05) is 19.6 Å². The quantitative estimate of drug-likeness (QED) is 0.778. The van der Waals surface area contributed by atoms with Gasteiger partial charge in [0.05, 0.1) is 5.56 Å². The monoisotopic (exact) mass is 335 g/mol. The SMILES string of the molecule is O=C(c1coc2ccccc12)N(Cc1cccnc1)C[C@H]1CCNC1. The number of hydrogen-bond acceptors (Lipinski definition) is 4. The molecule has 2 aromatic heterocycles. The second-order valence-electron chi connectivity index (χ2n) is 6.55. The van der Waals surface area contributed by atoms with Gasteiger partial charge in [0.1, 0.15) is 11.8 Å². The van der Waals surface area contributed by atoms with Gasteiger partial charge in [0.25, 0.3) is 5.91 Å². The van der Waals surface area contributed by atoms with Gasteiger partial charge in [-0.2, -0.15) is 0 Å². The topological polar surface area (TPSA) is 58.4 Å². The van der Waals surface area contributed by atoms with Crippen LogP contribution < -0.4 is 5.32 Å². The molecule has 3 aromatic rings. The predicted molar refractivity (Wildman–Crippen MR) is 96.2 cm³/mol. The summed E-state index contributed by atoms with van der Waals surface area (Å²) in [5.74, 6) is 0.500. The smallest absolute Gasteiger partial charge is 0.258 e. The summed E-state index contributed by atoms with van der Waals surface area (Å²) < 4.78 is 5.57. The second kappa shape index (κ2) is 7.07. The Labute approximate surface area is 146 Å². The molecule has 1 fully saturated rings. The van der Waals surface area contributed by atoms with Crippen molar-refractivity contribution in [1.82, 2.24) is 15.2 Å². The predicted octanol–water partition coefficient (Wildman–Crippen LogP) is 3.08. The van der Waals surface area contributed by atoms with Gasteiger partial charge in [-0.15, -0.1) is 0 Å². The first-order valence-electron chi connectivity index (χ1n) is 8.66. The van der Waals surface area contributed by atoms with Crippen molar-refractivity contribution in [1.29, 1.82) is 0 Å². The molecular formula is C20H21N3O2. The van der Waals surface area contributed by atoms with E-state index >= 15 is 0 Å². The number of carbonyl (C=O) groups excluding carboxylic acids is 1. The molecule has 1 aliphatic heterocycles. The van der Waals surface area contributed by atoms with E-state index in [4.69, 9.17) is 4.42 Å². The van der Waals surface area contributed by atoms with E-state index < -0.39 is 0 Å². The minimum atomic E-state index is 0.0145. The van der Waals surface area contributed by atoms with E-state index in [1.165, 1.54) is 0 Å². The van der Waals surface area contributed by atoms with Gasteiger partial charge in [-0.05, 0) is 43.1 Å². The molecule has 5 nitrogen and oxygen atoms in total. The van der Waals surface area contributed by atoms with E-state index in [1.54, 1.807) is 12.5 Å². The molecule has 4 rings (SSSR count). The van der Waals surface area contributed by atoms with E-state index in [0.717, 1.165) is 42.6 Å². The van der Waals surface area contributed by atoms with Gasteiger partial charge in [-0.3, -0.25) is 9.78 Å². The zero-order valence-electron chi connectivity index (χ0n) is 14.0. The third kappa shape index (κ3) is 3.42. The van der Waals surface area contributed by atoms with Crippen LogP contribution in [0.5, 0.6) is 0 Å². The van der Waals surface area contributed by atoms with Crippen LogP contribution in [0.2, 0.25) is 0 Å². The Morgan fingerprint density at radius 3 is 3.00 bits per heavy atom. The van der Waals surface area contributed by atoms with Gasteiger partial charge in [0, 0.05) is 30.9 Å². The third-order valence-corrected chi connectivity index (χ3v) is 4.74. The summed E-state index contributed by atoms with van der Waals surface area (Å²) in [7, 11) is 0. The molecule has 5 heteroatoms. The molecule has 1 atom stereocenters. The molecule has 1 saturated heterocycles. The highest BCUT2D eigenvalue weighted by molar-refractivity contribution is 6.05. The normalized spacial score (nSPS) is 17.0. The minimum Gasteiger partial charge on any atom is -0.463 e. The molecule has 25 heavy (non-hydrogen) atoms. The van der Waals surface area contributed by atoms with Crippen molar-refractivity contribution in [2.24, 2.45) is 5.92 Å². The number of rotatable bonds is 5. The molecular weight excluding hydrogens is 314 g/mol. The first kappa shape index (κ1) is 15.8. The van der Waals surface area contributed by atoms with Crippen molar-refractivity contribution in [3.8, 4) is 0 Å². The highest BCUT2D eigenvalue weighted by atomic mass is 16.3. The van der Waals surface area contributed by atoms with E-state index in [9.17, 15) is 4.79 Å². The molecule has 1 amide bonds. The van der Waals surface area contributed by atoms with Gasteiger partial charge in [0.2, 0.25) is 0 Å². The van der Waals surface area contributed by atoms with E-state index in [0.29, 0.717) is 18.0 Å². The van der Waals surface area contributed by atoms with Crippen LogP contribution >= 0.6 is 0 Å². The Hall–Kier alpha value is -2.66. The molecule has 128 valence electrons. The highest BCUT2D eigenvalue weighted by Gasteiger charge is 2.25. The number of carbonyl (C=O) groups is 1. The van der Waals surface area contributed by atoms with Gasteiger partial charge >= 0.3 is 0 Å². The first-order valence-corrected chi connectivity index (χ1v) is 8.66. The summed E-state index contributed by atoms with van der Waals surface area (Å²) in [6.07, 6.45) is 6.25. The van der Waals surface area contributed by atoms with Gasteiger partial charge in [-0.25, -0.2) is 0 Å². The number of furan rings is 1. The van der Waals surface area contributed by atoms with Crippen LogP contribution in [0.3, 0.4) is 0 Å². The van der Waals surface area contributed by atoms with E-state index in [1.807, 2.05) is 47.5 Å². The third-order valence-electron chi connectivity index (χ3n) is 4.74. The number of hydrogen-bond donors (Lipinski definition) is 1. The summed E-state index contributed by atoms with van der Waals surface area (Å²) in [6, 6.07) is 11.6. The molecule has 0 unspecified atom stereocenters. The van der Waals surface area contributed by atoms with Gasteiger partial charge < -0.3 is 14.6 Å². The second-order valence-corrected chi connectivity index (χ2v) is 6.55. The molecule has 3 heterocycles. The maximum Gasteiger partial charge on any atom is 0.258 e. The Kier molecular flexibility index (Phi) is 4.48. The van der Waals surface area contributed by atoms with Crippen LogP contribution in [-0.2, 0) is 6.54 Å². The molecule has 1 aliphatic rings. The standard InChI is InChI=1S/C20H21N3O2/c24-20(18-14-25-19-6-2-1-5-17(18)19)23(13-16-7-9-22-11-16)12-15-4-3-8-21-10-15/h1-6,8,10,14,16,22H,7,9,11-13H2/t16-/m0/s1.